The van der Waals surface area contributed by atoms with Crippen molar-refractivity contribution in [1.29, 1.82) is 0 Å². The van der Waals surface area contributed by atoms with E-state index in [4.69, 9.17) is 0 Å². The first-order valence-electron chi connectivity index (χ1n) is 5.01. The molecule has 12 heavy (non-hydrogen) atoms. The molecule has 0 amide bonds. The van der Waals surface area contributed by atoms with Crippen LogP contribution in [0.5, 0.6) is 0 Å². The van der Waals surface area contributed by atoms with Crippen molar-refractivity contribution in [3.63, 3.8) is 0 Å². The van der Waals surface area contributed by atoms with Crippen molar-refractivity contribution in [2.45, 2.75) is 33.1 Å². The summed E-state index contributed by atoms with van der Waals surface area (Å²) in [6.45, 7) is 6.30. The molecule has 1 rings (SSSR count). The third kappa shape index (κ3) is 2.31. The Hall–Kier alpha value is -0.370. The summed E-state index contributed by atoms with van der Waals surface area (Å²) in [6, 6.07) is 0. The zero-order valence-corrected chi connectivity index (χ0v) is 8.10. The minimum atomic E-state index is 0.325. The van der Waals surface area contributed by atoms with Crippen LogP contribution in [-0.2, 0) is 4.79 Å². The molecule has 2 heteroatoms. The first-order chi connectivity index (χ1) is 5.77. The molecule has 2 nitrogen and oxygen atoms in total. The highest BCUT2D eigenvalue weighted by atomic mass is 16.1. The van der Waals surface area contributed by atoms with Gasteiger partial charge in [0, 0.05) is 12.3 Å². The molecule has 0 aromatic heterocycles. The van der Waals surface area contributed by atoms with E-state index in [1.165, 1.54) is 0 Å². The lowest BCUT2D eigenvalue weighted by molar-refractivity contribution is -0.124. The van der Waals surface area contributed by atoms with Gasteiger partial charge >= 0.3 is 0 Å². The Morgan fingerprint density at radius 1 is 1.42 bits per heavy atom. The second kappa shape index (κ2) is 4.61. The van der Waals surface area contributed by atoms with Crippen LogP contribution in [0.2, 0.25) is 0 Å². The lowest BCUT2D eigenvalue weighted by atomic mass is 9.88. The van der Waals surface area contributed by atoms with E-state index in [1.807, 2.05) is 0 Å². The molecule has 0 aromatic carbocycles. The van der Waals surface area contributed by atoms with Gasteiger partial charge in [0.2, 0.25) is 0 Å². The van der Waals surface area contributed by atoms with Crippen LogP contribution in [0.4, 0.5) is 0 Å². The zero-order chi connectivity index (χ0) is 8.97. The second-order valence-electron chi connectivity index (χ2n) is 3.71. The summed E-state index contributed by atoms with van der Waals surface area (Å²) < 4.78 is 0. The van der Waals surface area contributed by atoms with E-state index < -0.39 is 0 Å². The number of carbonyl (C=O) groups is 1. The monoisotopic (exact) mass is 169 g/mol. The van der Waals surface area contributed by atoms with Gasteiger partial charge in [0.05, 0.1) is 0 Å². The van der Waals surface area contributed by atoms with E-state index in [9.17, 15) is 4.79 Å². The molecule has 70 valence electrons. The number of carbonyl (C=O) groups excluding carboxylic acids is 1. The van der Waals surface area contributed by atoms with Gasteiger partial charge in [0.25, 0.3) is 0 Å². The van der Waals surface area contributed by atoms with Crippen molar-refractivity contribution in [3.05, 3.63) is 0 Å². The minimum absolute atomic E-state index is 0.325. The van der Waals surface area contributed by atoms with E-state index in [0.717, 1.165) is 32.4 Å². The lowest BCUT2D eigenvalue weighted by Crippen LogP contribution is -2.43. The quantitative estimate of drug-likeness (QED) is 0.677. The predicted octanol–water partition coefficient (Wildman–Crippen LogP) is 1.60. The Kier molecular flexibility index (Phi) is 3.73. The van der Waals surface area contributed by atoms with Crippen molar-refractivity contribution in [2.24, 2.45) is 11.8 Å². The normalized spacial score (nSPS) is 17.9. The fourth-order valence-electron chi connectivity index (χ4n) is 1.69. The standard InChI is InChI=1S/C10H19NO/c1-3-9(4-2)10(12)5-8-6-11-7-8/h8-9,11H,3-7H2,1-2H3. The average molecular weight is 169 g/mol. The first kappa shape index (κ1) is 9.72. The third-order valence-electron chi connectivity index (χ3n) is 2.80. The molecule has 1 fully saturated rings. The van der Waals surface area contributed by atoms with Crippen LogP contribution in [0.25, 0.3) is 0 Å². The van der Waals surface area contributed by atoms with Gasteiger partial charge in [-0.1, -0.05) is 13.8 Å². The number of ketones is 1. The molecule has 0 aliphatic carbocycles. The maximum Gasteiger partial charge on any atom is 0.136 e. The van der Waals surface area contributed by atoms with E-state index >= 15 is 0 Å². The van der Waals surface area contributed by atoms with Crippen molar-refractivity contribution in [1.82, 2.24) is 5.32 Å². The Morgan fingerprint density at radius 3 is 2.33 bits per heavy atom. The van der Waals surface area contributed by atoms with Crippen molar-refractivity contribution in [2.75, 3.05) is 13.1 Å². The molecule has 1 aliphatic heterocycles. The number of rotatable bonds is 5. The number of hydrogen-bond donors (Lipinski definition) is 1. The number of Topliss-reactive ketones (excluding diaryl/α,β-unsaturated/α-hetero) is 1. The van der Waals surface area contributed by atoms with Crippen LogP contribution < -0.4 is 5.32 Å². The molecule has 1 heterocycles. The first-order valence-corrected chi connectivity index (χ1v) is 5.01. The van der Waals surface area contributed by atoms with E-state index in [-0.39, 0.29) is 0 Å². The molecule has 0 aromatic rings. The molecule has 0 unspecified atom stereocenters. The largest absolute Gasteiger partial charge is 0.316 e. The van der Waals surface area contributed by atoms with Gasteiger partial charge in [-0.3, -0.25) is 4.79 Å². The Labute approximate surface area is 74.7 Å². The minimum Gasteiger partial charge on any atom is -0.316 e. The highest BCUT2D eigenvalue weighted by molar-refractivity contribution is 5.81. The molecule has 1 aliphatic rings. The molecule has 1 saturated heterocycles. The Balaban J connectivity index is 2.24. The van der Waals surface area contributed by atoms with Gasteiger partial charge in [0.1, 0.15) is 5.78 Å². The Bertz CT molecular complexity index is 148. The molecule has 0 spiro atoms. The van der Waals surface area contributed by atoms with E-state index in [0.29, 0.717) is 17.6 Å². The highest BCUT2D eigenvalue weighted by Crippen LogP contribution is 2.17. The van der Waals surface area contributed by atoms with Gasteiger partial charge in [-0.05, 0) is 31.8 Å². The van der Waals surface area contributed by atoms with Crippen LogP contribution >= 0.6 is 0 Å². The summed E-state index contributed by atoms with van der Waals surface area (Å²) in [6.07, 6.45) is 2.82. The summed E-state index contributed by atoms with van der Waals surface area (Å²) in [5.41, 5.74) is 0. The van der Waals surface area contributed by atoms with Crippen LogP contribution in [0, 0.1) is 11.8 Å². The third-order valence-corrected chi connectivity index (χ3v) is 2.80. The molecular formula is C10H19NO. The van der Waals surface area contributed by atoms with E-state index in [1.54, 1.807) is 0 Å². The van der Waals surface area contributed by atoms with Crippen molar-refractivity contribution < 1.29 is 4.79 Å². The maximum atomic E-state index is 11.6. The SMILES string of the molecule is CCC(CC)C(=O)CC1CNC1. The molecule has 0 radical (unpaired) electrons. The molecule has 0 atom stereocenters. The van der Waals surface area contributed by atoms with Gasteiger partial charge in [-0.15, -0.1) is 0 Å². The maximum absolute atomic E-state index is 11.6. The van der Waals surface area contributed by atoms with Crippen molar-refractivity contribution >= 4 is 5.78 Å². The Morgan fingerprint density at radius 2 is 2.00 bits per heavy atom. The molecule has 1 N–H and O–H groups in total. The summed E-state index contributed by atoms with van der Waals surface area (Å²) in [7, 11) is 0. The van der Waals surface area contributed by atoms with Crippen LogP contribution in [0.15, 0.2) is 0 Å². The summed E-state index contributed by atoms with van der Waals surface area (Å²) in [4.78, 5) is 11.6. The average Bonchev–Trinajstić information content (AvgIpc) is 1.99. The highest BCUT2D eigenvalue weighted by Gasteiger charge is 2.23. The topological polar surface area (TPSA) is 29.1 Å². The van der Waals surface area contributed by atoms with Gasteiger partial charge in [-0.25, -0.2) is 0 Å². The summed E-state index contributed by atoms with van der Waals surface area (Å²) in [5.74, 6) is 1.44. The van der Waals surface area contributed by atoms with Crippen LogP contribution in [0.3, 0.4) is 0 Å². The number of hydrogen-bond acceptors (Lipinski definition) is 2. The zero-order valence-electron chi connectivity index (χ0n) is 8.10. The van der Waals surface area contributed by atoms with Crippen LogP contribution in [0.1, 0.15) is 33.1 Å². The smallest absolute Gasteiger partial charge is 0.136 e. The van der Waals surface area contributed by atoms with Gasteiger partial charge in [0.15, 0.2) is 0 Å². The fraction of sp³-hybridized carbons (Fsp3) is 0.900. The summed E-state index contributed by atoms with van der Waals surface area (Å²) in [5, 5.41) is 3.19. The van der Waals surface area contributed by atoms with Crippen LogP contribution in [-0.4, -0.2) is 18.9 Å². The van der Waals surface area contributed by atoms with Crippen molar-refractivity contribution in [3.8, 4) is 0 Å². The molecule has 0 saturated carbocycles. The second-order valence-corrected chi connectivity index (χ2v) is 3.71. The fourth-order valence-corrected chi connectivity index (χ4v) is 1.69. The predicted molar refractivity (Wildman–Crippen MR) is 50.1 cm³/mol. The number of nitrogens with one attached hydrogen (secondary N) is 1. The molecular weight excluding hydrogens is 150 g/mol. The van der Waals surface area contributed by atoms with E-state index in [2.05, 4.69) is 19.2 Å². The van der Waals surface area contributed by atoms with Gasteiger partial charge in [-0.2, -0.15) is 0 Å². The lowest BCUT2D eigenvalue weighted by Gasteiger charge is -2.27. The molecule has 0 bridgehead atoms. The summed E-state index contributed by atoms with van der Waals surface area (Å²) >= 11 is 0. The van der Waals surface area contributed by atoms with Gasteiger partial charge < -0.3 is 5.32 Å².